The Kier molecular flexibility index (Phi) is 5.38. The summed E-state index contributed by atoms with van der Waals surface area (Å²) in [6, 6.07) is 4.82. The molecular formula is C16H21NO5. The largest absolute Gasteiger partial charge is 0.493 e. The van der Waals surface area contributed by atoms with Crippen molar-refractivity contribution in [3.63, 3.8) is 0 Å². The van der Waals surface area contributed by atoms with E-state index in [-0.39, 0.29) is 24.7 Å². The molecule has 0 unspecified atom stereocenters. The summed E-state index contributed by atoms with van der Waals surface area (Å²) in [6.45, 7) is 4.94. The molecule has 0 radical (unpaired) electrons. The molecule has 0 spiro atoms. The Morgan fingerprint density at radius 2 is 2.00 bits per heavy atom. The number of rotatable bonds is 5. The van der Waals surface area contributed by atoms with Crippen LogP contribution in [0.15, 0.2) is 18.2 Å². The zero-order valence-corrected chi connectivity index (χ0v) is 13.1. The Morgan fingerprint density at radius 3 is 2.59 bits per heavy atom. The molecule has 0 aliphatic carbocycles. The van der Waals surface area contributed by atoms with E-state index in [0.717, 1.165) is 6.29 Å². The first-order chi connectivity index (χ1) is 10.5. The van der Waals surface area contributed by atoms with Crippen molar-refractivity contribution in [2.75, 3.05) is 26.8 Å². The lowest BCUT2D eigenvalue weighted by Crippen LogP contribution is -2.49. The SMILES string of the molecule is COc1cc(C=O)ccc1OCC(=O)N1C[C@@H](C)O[C@@H](C)C1. The van der Waals surface area contributed by atoms with Crippen LogP contribution in [0.25, 0.3) is 0 Å². The number of aldehydes is 1. The average molecular weight is 307 g/mol. The van der Waals surface area contributed by atoms with Gasteiger partial charge in [-0.3, -0.25) is 9.59 Å². The van der Waals surface area contributed by atoms with Crippen LogP contribution in [0.4, 0.5) is 0 Å². The molecule has 1 aromatic carbocycles. The van der Waals surface area contributed by atoms with Gasteiger partial charge in [0.2, 0.25) is 0 Å². The van der Waals surface area contributed by atoms with Crippen molar-refractivity contribution >= 4 is 12.2 Å². The highest BCUT2D eigenvalue weighted by Gasteiger charge is 2.26. The first kappa shape index (κ1) is 16.3. The van der Waals surface area contributed by atoms with Gasteiger partial charge >= 0.3 is 0 Å². The number of benzene rings is 1. The fourth-order valence-electron chi connectivity index (χ4n) is 2.49. The minimum Gasteiger partial charge on any atom is -0.493 e. The van der Waals surface area contributed by atoms with Crippen LogP contribution in [0.3, 0.4) is 0 Å². The molecule has 0 saturated carbocycles. The topological polar surface area (TPSA) is 65.1 Å². The van der Waals surface area contributed by atoms with Crippen LogP contribution in [0, 0.1) is 0 Å². The Labute approximate surface area is 129 Å². The third-order valence-electron chi connectivity index (χ3n) is 3.45. The average Bonchev–Trinajstić information content (AvgIpc) is 2.51. The lowest BCUT2D eigenvalue weighted by atomic mass is 10.2. The minimum atomic E-state index is -0.0940. The Bertz CT molecular complexity index is 535. The summed E-state index contributed by atoms with van der Waals surface area (Å²) in [5.41, 5.74) is 0.492. The molecule has 0 N–H and O–H groups in total. The second-order valence-electron chi connectivity index (χ2n) is 5.37. The smallest absolute Gasteiger partial charge is 0.260 e. The van der Waals surface area contributed by atoms with Gasteiger partial charge in [0.05, 0.1) is 19.3 Å². The lowest BCUT2D eigenvalue weighted by Gasteiger charge is -2.35. The number of hydrogen-bond acceptors (Lipinski definition) is 5. The fourth-order valence-corrected chi connectivity index (χ4v) is 2.49. The molecule has 1 saturated heterocycles. The number of nitrogens with zero attached hydrogens (tertiary/aromatic N) is 1. The predicted molar refractivity (Wildman–Crippen MR) is 80.5 cm³/mol. The first-order valence-electron chi connectivity index (χ1n) is 7.22. The predicted octanol–water partition coefficient (Wildman–Crippen LogP) is 1.52. The molecule has 1 amide bonds. The van der Waals surface area contributed by atoms with Crippen molar-refractivity contribution < 1.29 is 23.8 Å². The number of carbonyl (C=O) groups excluding carboxylic acids is 2. The zero-order valence-electron chi connectivity index (χ0n) is 13.1. The van der Waals surface area contributed by atoms with Crippen LogP contribution in [-0.2, 0) is 9.53 Å². The summed E-state index contributed by atoms with van der Waals surface area (Å²) in [6.07, 6.45) is 0.775. The normalized spacial score (nSPS) is 21.3. The van der Waals surface area contributed by atoms with E-state index >= 15 is 0 Å². The van der Waals surface area contributed by atoms with Crippen molar-refractivity contribution in [1.29, 1.82) is 0 Å². The van der Waals surface area contributed by atoms with Gasteiger partial charge in [-0.05, 0) is 32.0 Å². The van der Waals surface area contributed by atoms with Gasteiger partial charge in [0.15, 0.2) is 18.1 Å². The van der Waals surface area contributed by atoms with Gasteiger partial charge in [-0.15, -0.1) is 0 Å². The Balaban J connectivity index is 1.97. The van der Waals surface area contributed by atoms with Crippen molar-refractivity contribution in [1.82, 2.24) is 4.90 Å². The lowest BCUT2D eigenvalue weighted by molar-refractivity contribution is -0.145. The highest BCUT2D eigenvalue weighted by molar-refractivity contribution is 5.78. The quantitative estimate of drug-likeness (QED) is 0.772. The number of morpholine rings is 1. The molecule has 6 heteroatoms. The van der Waals surface area contributed by atoms with E-state index < -0.39 is 0 Å². The summed E-state index contributed by atoms with van der Waals surface area (Å²) in [7, 11) is 1.49. The summed E-state index contributed by atoms with van der Waals surface area (Å²) < 4.78 is 16.3. The zero-order chi connectivity index (χ0) is 16.1. The van der Waals surface area contributed by atoms with E-state index in [4.69, 9.17) is 14.2 Å². The molecule has 6 nitrogen and oxygen atoms in total. The van der Waals surface area contributed by atoms with Crippen molar-refractivity contribution in [3.05, 3.63) is 23.8 Å². The highest BCUT2D eigenvalue weighted by atomic mass is 16.5. The molecule has 1 aliphatic heterocycles. The third-order valence-corrected chi connectivity index (χ3v) is 3.45. The van der Waals surface area contributed by atoms with E-state index in [1.54, 1.807) is 23.1 Å². The molecule has 22 heavy (non-hydrogen) atoms. The minimum absolute atomic E-state index is 0.0223. The Morgan fingerprint density at radius 1 is 1.32 bits per heavy atom. The van der Waals surface area contributed by atoms with E-state index in [9.17, 15) is 9.59 Å². The van der Waals surface area contributed by atoms with Gasteiger partial charge in [0, 0.05) is 18.7 Å². The second-order valence-corrected chi connectivity index (χ2v) is 5.37. The maximum absolute atomic E-state index is 12.2. The summed E-state index contributed by atoms with van der Waals surface area (Å²) in [5.74, 6) is 0.778. The molecular weight excluding hydrogens is 286 g/mol. The van der Waals surface area contributed by atoms with Crippen LogP contribution in [0.5, 0.6) is 11.5 Å². The van der Waals surface area contributed by atoms with Gasteiger partial charge in [-0.1, -0.05) is 0 Å². The monoisotopic (exact) mass is 307 g/mol. The standard InChI is InChI=1S/C16H21NO5/c1-11-7-17(8-12(2)22-11)16(19)10-21-14-5-4-13(9-18)6-15(14)20-3/h4-6,9,11-12H,7-8,10H2,1-3H3/t11-,12+. The van der Waals surface area contributed by atoms with Crippen LogP contribution in [0.2, 0.25) is 0 Å². The van der Waals surface area contributed by atoms with E-state index in [1.165, 1.54) is 7.11 Å². The number of hydrogen-bond donors (Lipinski definition) is 0. The molecule has 120 valence electrons. The van der Waals surface area contributed by atoms with Gasteiger partial charge < -0.3 is 19.1 Å². The maximum atomic E-state index is 12.2. The Hall–Kier alpha value is -2.08. The van der Waals surface area contributed by atoms with Gasteiger partial charge in [-0.25, -0.2) is 0 Å². The number of amides is 1. The summed E-state index contributed by atoms with van der Waals surface area (Å²) >= 11 is 0. The van der Waals surface area contributed by atoms with Crippen molar-refractivity contribution in [2.24, 2.45) is 0 Å². The number of methoxy groups -OCH3 is 1. The van der Waals surface area contributed by atoms with E-state index in [2.05, 4.69) is 0 Å². The molecule has 2 atom stereocenters. The van der Waals surface area contributed by atoms with E-state index in [0.29, 0.717) is 30.2 Å². The van der Waals surface area contributed by atoms with E-state index in [1.807, 2.05) is 13.8 Å². The van der Waals surface area contributed by atoms with Gasteiger partial charge in [-0.2, -0.15) is 0 Å². The first-order valence-corrected chi connectivity index (χ1v) is 7.22. The number of ether oxygens (including phenoxy) is 3. The molecule has 1 aromatic rings. The molecule has 2 rings (SSSR count). The van der Waals surface area contributed by atoms with Gasteiger partial charge in [0.1, 0.15) is 6.29 Å². The molecule has 1 fully saturated rings. The molecule has 0 bridgehead atoms. The second kappa shape index (κ2) is 7.26. The fraction of sp³-hybridized carbons (Fsp3) is 0.500. The van der Waals surface area contributed by atoms with Crippen LogP contribution >= 0.6 is 0 Å². The highest BCUT2D eigenvalue weighted by Crippen LogP contribution is 2.27. The maximum Gasteiger partial charge on any atom is 0.260 e. The van der Waals surface area contributed by atoms with Gasteiger partial charge in [0.25, 0.3) is 5.91 Å². The molecule has 1 heterocycles. The molecule has 1 aliphatic rings. The van der Waals surface area contributed by atoms with Crippen molar-refractivity contribution in [3.8, 4) is 11.5 Å². The van der Waals surface area contributed by atoms with Crippen LogP contribution in [0.1, 0.15) is 24.2 Å². The van der Waals surface area contributed by atoms with Crippen molar-refractivity contribution in [2.45, 2.75) is 26.1 Å². The summed E-state index contributed by atoms with van der Waals surface area (Å²) in [5, 5.41) is 0. The van der Waals surface area contributed by atoms with Crippen LogP contribution < -0.4 is 9.47 Å². The van der Waals surface area contributed by atoms with Crippen LogP contribution in [-0.4, -0.2) is 56.1 Å². The third kappa shape index (κ3) is 3.98. The number of carbonyl (C=O) groups is 2. The molecule has 0 aromatic heterocycles. The summed E-state index contributed by atoms with van der Waals surface area (Å²) in [4.78, 5) is 24.7.